The van der Waals surface area contributed by atoms with E-state index in [1.807, 2.05) is 0 Å². The molecule has 0 aromatic carbocycles. The fraction of sp³-hybridized carbons (Fsp3) is 0.944. The molecule has 2 saturated heterocycles. The highest BCUT2D eigenvalue weighted by molar-refractivity contribution is 5.76. The number of nitrogens with zero attached hydrogens (tertiary/aromatic N) is 3. The molecule has 0 aromatic heterocycles. The monoisotopic (exact) mass is 309 g/mol. The van der Waals surface area contributed by atoms with Crippen LogP contribution in [0.15, 0.2) is 0 Å². The van der Waals surface area contributed by atoms with E-state index in [2.05, 4.69) is 42.4 Å². The molecular formula is C18H35N3O. The Hall–Kier alpha value is -0.610. The second-order valence-electron chi connectivity index (χ2n) is 7.85. The van der Waals surface area contributed by atoms with Gasteiger partial charge in [0.15, 0.2) is 0 Å². The van der Waals surface area contributed by atoms with Crippen LogP contribution in [0, 0.1) is 11.8 Å². The number of piperazine rings is 1. The van der Waals surface area contributed by atoms with Crippen LogP contribution in [0.5, 0.6) is 0 Å². The number of hydrogen-bond donors (Lipinski definition) is 0. The number of hydrogen-bond acceptors (Lipinski definition) is 3. The fourth-order valence-corrected chi connectivity index (χ4v) is 3.87. The lowest BCUT2D eigenvalue weighted by atomic mass is 9.97. The van der Waals surface area contributed by atoms with Crippen molar-refractivity contribution in [3.05, 3.63) is 0 Å². The molecule has 0 bridgehead atoms. The second-order valence-corrected chi connectivity index (χ2v) is 7.85. The molecule has 0 aromatic rings. The van der Waals surface area contributed by atoms with Crippen LogP contribution in [0.2, 0.25) is 0 Å². The molecule has 0 saturated carbocycles. The first-order chi connectivity index (χ1) is 10.5. The van der Waals surface area contributed by atoms with Gasteiger partial charge in [-0.15, -0.1) is 0 Å². The smallest absolute Gasteiger partial charge is 0.223 e. The molecule has 2 fully saturated rings. The summed E-state index contributed by atoms with van der Waals surface area (Å²) in [6.45, 7) is 16.3. The predicted octanol–water partition coefficient (Wildman–Crippen LogP) is 2.30. The molecular weight excluding hydrogens is 274 g/mol. The topological polar surface area (TPSA) is 26.8 Å². The van der Waals surface area contributed by atoms with E-state index in [1.54, 1.807) is 0 Å². The Balaban J connectivity index is 1.64. The van der Waals surface area contributed by atoms with E-state index in [-0.39, 0.29) is 0 Å². The molecule has 4 heteroatoms. The van der Waals surface area contributed by atoms with Gasteiger partial charge in [0.25, 0.3) is 0 Å². The van der Waals surface area contributed by atoms with Gasteiger partial charge in [0.05, 0.1) is 0 Å². The Morgan fingerprint density at radius 1 is 1.05 bits per heavy atom. The van der Waals surface area contributed by atoms with Crippen molar-refractivity contribution >= 4 is 5.91 Å². The van der Waals surface area contributed by atoms with Gasteiger partial charge in [-0.25, -0.2) is 0 Å². The Labute approximate surface area is 136 Å². The first-order valence-corrected chi connectivity index (χ1v) is 9.20. The highest BCUT2D eigenvalue weighted by Crippen LogP contribution is 2.23. The molecule has 1 amide bonds. The Kier molecular flexibility index (Phi) is 6.69. The molecule has 0 aliphatic carbocycles. The molecule has 2 aliphatic rings. The van der Waals surface area contributed by atoms with Crippen molar-refractivity contribution in [2.24, 2.45) is 11.8 Å². The SMILES string of the molecule is CC(C)C[C@@H]1CCN(CCC(=O)N2CCN(C(C)C)CC2)C1. The molecule has 0 N–H and O–H groups in total. The minimum atomic E-state index is 0.357. The summed E-state index contributed by atoms with van der Waals surface area (Å²) in [7, 11) is 0. The molecule has 2 heterocycles. The average molecular weight is 309 g/mol. The van der Waals surface area contributed by atoms with E-state index in [0.717, 1.165) is 44.6 Å². The molecule has 2 rings (SSSR count). The first-order valence-electron chi connectivity index (χ1n) is 9.20. The van der Waals surface area contributed by atoms with Gasteiger partial charge < -0.3 is 9.80 Å². The van der Waals surface area contributed by atoms with Gasteiger partial charge in [-0.2, -0.15) is 0 Å². The maximum absolute atomic E-state index is 12.4. The molecule has 4 nitrogen and oxygen atoms in total. The van der Waals surface area contributed by atoms with Gasteiger partial charge in [0, 0.05) is 51.7 Å². The van der Waals surface area contributed by atoms with E-state index >= 15 is 0 Å². The highest BCUT2D eigenvalue weighted by atomic mass is 16.2. The summed E-state index contributed by atoms with van der Waals surface area (Å²) in [5.41, 5.74) is 0. The Morgan fingerprint density at radius 3 is 2.32 bits per heavy atom. The van der Waals surface area contributed by atoms with Gasteiger partial charge in [-0.1, -0.05) is 13.8 Å². The van der Waals surface area contributed by atoms with Crippen molar-refractivity contribution in [2.45, 2.75) is 53.0 Å². The normalized spacial score (nSPS) is 24.6. The third-order valence-corrected chi connectivity index (χ3v) is 5.21. The summed E-state index contributed by atoms with van der Waals surface area (Å²) in [6, 6.07) is 0.597. The van der Waals surface area contributed by atoms with Crippen molar-refractivity contribution in [3.63, 3.8) is 0 Å². The van der Waals surface area contributed by atoms with E-state index in [1.165, 1.54) is 25.9 Å². The minimum Gasteiger partial charge on any atom is -0.340 e. The average Bonchev–Trinajstić information content (AvgIpc) is 2.91. The predicted molar refractivity (Wildman–Crippen MR) is 91.9 cm³/mol. The highest BCUT2D eigenvalue weighted by Gasteiger charge is 2.25. The van der Waals surface area contributed by atoms with Crippen molar-refractivity contribution in [1.29, 1.82) is 0 Å². The van der Waals surface area contributed by atoms with Crippen molar-refractivity contribution in [2.75, 3.05) is 45.8 Å². The molecule has 0 unspecified atom stereocenters. The van der Waals surface area contributed by atoms with Crippen LogP contribution < -0.4 is 0 Å². The molecule has 22 heavy (non-hydrogen) atoms. The number of rotatable bonds is 6. The van der Waals surface area contributed by atoms with E-state index in [9.17, 15) is 4.79 Å². The number of likely N-dealkylation sites (tertiary alicyclic amines) is 1. The molecule has 0 spiro atoms. The summed E-state index contributed by atoms with van der Waals surface area (Å²) in [6.07, 6.45) is 3.36. The Bertz CT molecular complexity index is 348. The maximum Gasteiger partial charge on any atom is 0.223 e. The van der Waals surface area contributed by atoms with Crippen LogP contribution in [0.1, 0.15) is 47.0 Å². The van der Waals surface area contributed by atoms with Crippen molar-refractivity contribution < 1.29 is 4.79 Å². The largest absolute Gasteiger partial charge is 0.340 e. The van der Waals surface area contributed by atoms with Gasteiger partial charge in [-0.3, -0.25) is 9.69 Å². The van der Waals surface area contributed by atoms with Crippen LogP contribution in [0.4, 0.5) is 0 Å². The fourth-order valence-electron chi connectivity index (χ4n) is 3.87. The molecule has 2 aliphatic heterocycles. The van der Waals surface area contributed by atoms with Crippen LogP contribution in [0.25, 0.3) is 0 Å². The van der Waals surface area contributed by atoms with Crippen LogP contribution in [-0.4, -0.2) is 72.5 Å². The van der Waals surface area contributed by atoms with E-state index < -0.39 is 0 Å². The van der Waals surface area contributed by atoms with Crippen molar-refractivity contribution in [3.8, 4) is 0 Å². The minimum absolute atomic E-state index is 0.357. The Morgan fingerprint density at radius 2 is 1.73 bits per heavy atom. The molecule has 1 atom stereocenters. The number of carbonyl (C=O) groups is 1. The first kappa shape index (κ1) is 17.7. The van der Waals surface area contributed by atoms with Gasteiger partial charge in [0.2, 0.25) is 5.91 Å². The third kappa shape index (κ3) is 5.24. The summed E-state index contributed by atoms with van der Waals surface area (Å²) in [4.78, 5) is 19.4. The summed E-state index contributed by atoms with van der Waals surface area (Å²) < 4.78 is 0. The number of amides is 1. The summed E-state index contributed by atoms with van der Waals surface area (Å²) in [5, 5.41) is 0. The van der Waals surface area contributed by atoms with Crippen LogP contribution >= 0.6 is 0 Å². The lowest BCUT2D eigenvalue weighted by Crippen LogP contribution is -2.51. The molecule has 128 valence electrons. The van der Waals surface area contributed by atoms with Crippen molar-refractivity contribution in [1.82, 2.24) is 14.7 Å². The van der Waals surface area contributed by atoms with Crippen LogP contribution in [-0.2, 0) is 4.79 Å². The van der Waals surface area contributed by atoms with Gasteiger partial charge >= 0.3 is 0 Å². The van der Waals surface area contributed by atoms with E-state index in [4.69, 9.17) is 0 Å². The summed E-state index contributed by atoms with van der Waals surface area (Å²) in [5.74, 6) is 2.00. The maximum atomic E-state index is 12.4. The number of carbonyl (C=O) groups excluding carboxylic acids is 1. The lowest BCUT2D eigenvalue weighted by molar-refractivity contribution is -0.133. The lowest BCUT2D eigenvalue weighted by Gasteiger charge is -2.37. The summed E-state index contributed by atoms with van der Waals surface area (Å²) >= 11 is 0. The zero-order valence-electron chi connectivity index (χ0n) is 15.1. The molecule has 0 radical (unpaired) electrons. The quantitative estimate of drug-likeness (QED) is 0.753. The standard InChI is InChI=1S/C18H35N3O/c1-15(2)13-17-5-7-19(14-17)8-6-18(22)21-11-9-20(10-12-21)16(3)4/h15-17H,5-14H2,1-4H3/t17-/m0/s1. The third-order valence-electron chi connectivity index (χ3n) is 5.21. The zero-order chi connectivity index (χ0) is 16.1. The second kappa shape index (κ2) is 8.30. The van der Waals surface area contributed by atoms with Gasteiger partial charge in [0.1, 0.15) is 0 Å². The van der Waals surface area contributed by atoms with Gasteiger partial charge in [-0.05, 0) is 45.1 Å². The van der Waals surface area contributed by atoms with Crippen LogP contribution in [0.3, 0.4) is 0 Å². The zero-order valence-corrected chi connectivity index (χ0v) is 15.1. The van der Waals surface area contributed by atoms with E-state index in [0.29, 0.717) is 18.4 Å².